The molecule has 2 heteroatoms. The molecule has 0 aromatic heterocycles. The van der Waals surface area contributed by atoms with Gasteiger partial charge in [-0.15, -0.1) is 0 Å². The molecule has 0 heterocycles. The number of rotatable bonds is 6. The Balaban J connectivity index is 1.88. The molecule has 0 saturated heterocycles. The SMILES string of the molecule is COc1cccc(CCNC(C)c2ccccc2C)c1. The Labute approximate surface area is 121 Å². The van der Waals surface area contributed by atoms with Gasteiger partial charge >= 0.3 is 0 Å². The van der Waals surface area contributed by atoms with Crippen LogP contribution in [0.1, 0.15) is 29.7 Å². The van der Waals surface area contributed by atoms with Gasteiger partial charge in [0.15, 0.2) is 0 Å². The zero-order valence-corrected chi connectivity index (χ0v) is 12.5. The summed E-state index contributed by atoms with van der Waals surface area (Å²) < 4.78 is 5.25. The zero-order chi connectivity index (χ0) is 14.4. The van der Waals surface area contributed by atoms with Crippen molar-refractivity contribution >= 4 is 0 Å². The van der Waals surface area contributed by atoms with Crippen LogP contribution in [0.2, 0.25) is 0 Å². The molecule has 1 unspecified atom stereocenters. The summed E-state index contributed by atoms with van der Waals surface area (Å²) in [5.74, 6) is 0.925. The van der Waals surface area contributed by atoms with Gasteiger partial charge in [0, 0.05) is 6.04 Å². The van der Waals surface area contributed by atoms with Gasteiger partial charge in [-0.3, -0.25) is 0 Å². The predicted molar refractivity (Wildman–Crippen MR) is 84.3 cm³/mol. The van der Waals surface area contributed by atoms with E-state index in [2.05, 4.69) is 55.6 Å². The Bertz CT molecular complexity index is 551. The smallest absolute Gasteiger partial charge is 0.119 e. The number of benzene rings is 2. The molecule has 106 valence electrons. The lowest BCUT2D eigenvalue weighted by Gasteiger charge is -2.16. The molecule has 0 radical (unpaired) electrons. The van der Waals surface area contributed by atoms with Crippen molar-refractivity contribution in [3.8, 4) is 5.75 Å². The van der Waals surface area contributed by atoms with Gasteiger partial charge in [0.2, 0.25) is 0 Å². The molecule has 20 heavy (non-hydrogen) atoms. The molecular formula is C18H23NO. The lowest BCUT2D eigenvalue weighted by molar-refractivity contribution is 0.414. The number of hydrogen-bond donors (Lipinski definition) is 1. The summed E-state index contributed by atoms with van der Waals surface area (Å²) in [6, 6.07) is 17.2. The summed E-state index contributed by atoms with van der Waals surface area (Å²) in [7, 11) is 1.71. The van der Waals surface area contributed by atoms with E-state index >= 15 is 0 Å². The summed E-state index contributed by atoms with van der Waals surface area (Å²) in [5, 5.41) is 3.58. The Kier molecular flexibility index (Phi) is 5.19. The molecule has 1 N–H and O–H groups in total. The van der Waals surface area contributed by atoms with Gasteiger partial charge in [-0.1, -0.05) is 36.4 Å². The molecule has 0 saturated carbocycles. The van der Waals surface area contributed by atoms with Crippen molar-refractivity contribution in [1.29, 1.82) is 0 Å². The maximum absolute atomic E-state index is 5.25. The van der Waals surface area contributed by atoms with Crippen LogP contribution < -0.4 is 10.1 Å². The number of methoxy groups -OCH3 is 1. The highest BCUT2D eigenvalue weighted by atomic mass is 16.5. The standard InChI is InChI=1S/C18H23NO/c1-14-7-4-5-10-18(14)15(2)19-12-11-16-8-6-9-17(13-16)20-3/h4-10,13,15,19H,11-12H2,1-3H3. The maximum atomic E-state index is 5.25. The first-order valence-corrected chi connectivity index (χ1v) is 7.12. The largest absolute Gasteiger partial charge is 0.497 e. The van der Waals surface area contributed by atoms with E-state index in [9.17, 15) is 0 Å². The second-order valence-corrected chi connectivity index (χ2v) is 5.13. The first-order chi connectivity index (χ1) is 9.70. The minimum atomic E-state index is 0.377. The van der Waals surface area contributed by atoms with E-state index in [0.29, 0.717) is 6.04 Å². The normalized spacial score (nSPS) is 12.2. The average Bonchev–Trinajstić information content (AvgIpc) is 2.48. The molecule has 0 aliphatic heterocycles. The van der Waals surface area contributed by atoms with Crippen LogP contribution in [-0.4, -0.2) is 13.7 Å². The van der Waals surface area contributed by atoms with E-state index in [0.717, 1.165) is 18.7 Å². The third kappa shape index (κ3) is 3.84. The van der Waals surface area contributed by atoms with Crippen LogP contribution in [0.4, 0.5) is 0 Å². The molecule has 0 bridgehead atoms. The molecule has 2 nitrogen and oxygen atoms in total. The maximum Gasteiger partial charge on any atom is 0.119 e. The van der Waals surface area contributed by atoms with E-state index in [1.165, 1.54) is 16.7 Å². The van der Waals surface area contributed by atoms with Crippen LogP contribution in [0.3, 0.4) is 0 Å². The van der Waals surface area contributed by atoms with Crippen molar-refractivity contribution in [1.82, 2.24) is 5.32 Å². The third-order valence-corrected chi connectivity index (χ3v) is 3.65. The second kappa shape index (κ2) is 7.11. The molecule has 0 fully saturated rings. The number of hydrogen-bond acceptors (Lipinski definition) is 2. The molecule has 0 aliphatic carbocycles. The van der Waals surface area contributed by atoms with Crippen molar-refractivity contribution in [2.24, 2.45) is 0 Å². The van der Waals surface area contributed by atoms with Crippen molar-refractivity contribution in [2.45, 2.75) is 26.3 Å². The van der Waals surface area contributed by atoms with Crippen LogP contribution in [0.5, 0.6) is 5.75 Å². The van der Waals surface area contributed by atoms with Gasteiger partial charge in [0.1, 0.15) is 5.75 Å². The minimum absolute atomic E-state index is 0.377. The third-order valence-electron chi connectivity index (χ3n) is 3.65. The quantitative estimate of drug-likeness (QED) is 0.859. The summed E-state index contributed by atoms with van der Waals surface area (Å²) in [5.41, 5.74) is 4.01. The Morgan fingerprint density at radius 2 is 1.90 bits per heavy atom. The molecule has 2 aromatic carbocycles. The molecular weight excluding hydrogens is 246 g/mol. The molecule has 0 spiro atoms. The first-order valence-electron chi connectivity index (χ1n) is 7.12. The summed E-state index contributed by atoms with van der Waals surface area (Å²) in [4.78, 5) is 0. The Morgan fingerprint density at radius 1 is 1.10 bits per heavy atom. The highest BCUT2D eigenvalue weighted by molar-refractivity contribution is 5.29. The van der Waals surface area contributed by atoms with E-state index in [-0.39, 0.29) is 0 Å². The summed E-state index contributed by atoms with van der Waals surface area (Å²) in [6.07, 6.45) is 1.01. The second-order valence-electron chi connectivity index (χ2n) is 5.13. The van der Waals surface area contributed by atoms with Gasteiger partial charge in [0.25, 0.3) is 0 Å². The molecule has 0 aliphatic rings. The first kappa shape index (κ1) is 14.6. The topological polar surface area (TPSA) is 21.3 Å². The predicted octanol–water partition coefficient (Wildman–Crippen LogP) is 3.90. The highest BCUT2D eigenvalue weighted by Crippen LogP contribution is 2.17. The molecule has 1 atom stereocenters. The fraction of sp³-hybridized carbons (Fsp3) is 0.333. The van der Waals surface area contributed by atoms with Crippen LogP contribution >= 0.6 is 0 Å². The fourth-order valence-corrected chi connectivity index (χ4v) is 2.44. The molecule has 2 rings (SSSR count). The molecule has 2 aromatic rings. The van der Waals surface area contributed by atoms with Gasteiger partial charge in [-0.25, -0.2) is 0 Å². The number of ether oxygens (including phenoxy) is 1. The van der Waals surface area contributed by atoms with Crippen LogP contribution in [0.25, 0.3) is 0 Å². The van der Waals surface area contributed by atoms with Gasteiger partial charge in [0.05, 0.1) is 7.11 Å². The van der Waals surface area contributed by atoms with Gasteiger partial charge in [-0.2, -0.15) is 0 Å². The van der Waals surface area contributed by atoms with Crippen LogP contribution in [0.15, 0.2) is 48.5 Å². The zero-order valence-electron chi connectivity index (χ0n) is 12.5. The van der Waals surface area contributed by atoms with E-state index < -0.39 is 0 Å². The summed E-state index contributed by atoms with van der Waals surface area (Å²) in [6.45, 7) is 5.34. The van der Waals surface area contributed by atoms with Gasteiger partial charge in [-0.05, 0) is 55.6 Å². The lowest BCUT2D eigenvalue weighted by atomic mass is 10.0. The van der Waals surface area contributed by atoms with Crippen molar-refractivity contribution in [3.05, 3.63) is 65.2 Å². The van der Waals surface area contributed by atoms with Crippen LogP contribution in [0, 0.1) is 6.92 Å². The summed E-state index contributed by atoms with van der Waals surface area (Å²) >= 11 is 0. The van der Waals surface area contributed by atoms with Crippen molar-refractivity contribution in [2.75, 3.05) is 13.7 Å². The number of aryl methyl sites for hydroxylation is 1. The lowest BCUT2D eigenvalue weighted by Crippen LogP contribution is -2.22. The fourth-order valence-electron chi connectivity index (χ4n) is 2.44. The highest BCUT2D eigenvalue weighted by Gasteiger charge is 2.06. The van der Waals surface area contributed by atoms with Gasteiger partial charge < -0.3 is 10.1 Å². The number of nitrogens with one attached hydrogen (secondary N) is 1. The van der Waals surface area contributed by atoms with Crippen molar-refractivity contribution < 1.29 is 4.74 Å². The van der Waals surface area contributed by atoms with E-state index in [1.807, 2.05) is 12.1 Å². The van der Waals surface area contributed by atoms with Crippen LogP contribution in [-0.2, 0) is 6.42 Å². The van der Waals surface area contributed by atoms with E-state index in [1.54, 1.807) is 7.11 Å². The van der Waals surface area contributed by atoms with E-state index in [4.69, 9.17) is 4.74 Å². The van der Waals surface area contributed by atoms with Crippen molar-refractivity contribution in [3.63, 3.8) is 0 Å². The average molecular weight is 269 g/mol. The Hall–Kier alpha value is -1.80. The Morgan fingerprint density at radius 3 is 2.65 bits per heavy atom. The monoisotopic (exact) mass is 269 g/mol. The minimum Gasteiger partial charge on any atom is -0.497 e. The molecule has 0 amide bonds.